The molecule has 3 aromatic rings. The number of hydrogen-bond donors (Lipinski definition) is 2. The first-order valence-corrected chi connectivity index (χ1v) is 9.08. The van der Waals surface area contributed by atoms with Gasteiger partial charge in [0, 0.05) is 34.2 Å². The summed E-state index contributed by atoms with van der Waals surface area (Å²) in [5.41, 5.74) is 4.16. The summed E-state index contributed by atoms with van der Waals surface area (Å²) in [5, 5.41) is 9.86. The molecule has 0 radical (unpaired) electrons. The maximum absolute atomic E-state index is 13.2. The van der Waals surface area contributed by atoms with E-state index >= 15 is 0 Å². The maximum Gasteiger partial charge on any atom is 0.195 e. The van der Waals surface area contributed by atoms with Gasteiger partial charge in [0.25, 0.3) is 0 Å². The minimum absolute atomic E-state index is 0.0682. The quantitative estimate of drug-likeness (QED) is 0.679. The Labute approximate surface area is 152 Å². The van der Waals surface area contributed by atoms with Crippen LogP contribution >= 0.6 is 0 Å². The van der Waals surface area contributed by atoms with Crippen molar-refractivity contribution in [2.75, 3.05) is 13.2 Å². The Kier molecular flexibility index (Phi) is 4.08. The number of ketones is 1. The van der Waals surface area contributed by atoms with Gasteiger partial charge in [0.1, 0.15) is 5.75 Å². The van der Waals surface area contributed by atoms with E-state index in [2.05, 4.69) is 18.8 Å². The number of aliphatic hydroxyl groups excluding tert-OH is 1. The molecule has 0 bridgehead atoms. The zero-order valence-corrected chi connectivity index (χ0v) is 15.1. The number of rotatable bonds is 5. The van der Waals surface area contributed by atoms with Crippen LogP contribution in [0.15, 0.2) is 42.5 Å². The number of fused-ring (bicyclic) bond motifs is 4. The molecule has 0 spiro atoms. The van der Waals surface area contributed by atoms with E-state index in [1.165, 1.54) is 0 Å². The van der Waals surface area contributed by atoms with E-state index in [4.69, 9.17) is 9.84 Å². The van der Waals surface area contributed by atoms with Crippen molar-refractivity contribution in [3.63, 3.8) is 0 Å². The number of aromatic amines is 1. The van der Waals surface area contributed by atoms with E-state index in [9.17, 15) is 4.79 Å². The van der Waals surface area contributed by atoms with Gasteiger partial charge in [-0.2, -0.15) is 0 Å². The molecule has 0 fully saturated rings. The first kappa shape index (κ1) is 16.9. The average molecular weight is 349 g/mol. The predicted molar refractivity (Wildman–Crippen MR) is 102 cm³/mol. The topological polar surface area (TPSA) is 62.3 Å². The number of carbonyl (C=O) groups is 1. The molecule has 4 rings (SSSR count). The summed E-state index contributed by atoms with van der Waals surface area (Å²) in [6.45, 7) is 5.02. The number of H-pyrrole nitrogens is 1. The Morgan fingerprint density at radius 1 is 1.12 bits per heavy atom. The molecule has 26 heavy (non-hydrogen) atoms. The van der Waals surface area contributed by atoms with Gasteiger partial charge in [0.2, 0.25) is 0 Å². The summed E-state index contributed by atoms with van der Waals surface area (Å²) in [6, 6.07) is 13.7. The number of hydrogen-bond acceptors (Lipinski definition) is 3. The van der Waals surface area contributed by atoms with Crippen molar-refractivity contribution in [2.45, 2.75) is 32.1 Å². The molecule has 0 atom stereocenters. The van der Waals surface area contributed by atoms with Gasteiger partial charge in [-0.1, -0.05) is 32.0 Å². The molecule has 1 heterocycles. The minimum atomic E-state index is -0.317. The third-order valence-electron chi connectivity index (χ3n) is 5.29. The standard InChI is InChI=1S/C22H23NO3/c1-22(2)17-13-14(26-12-6-5-11-24)9-10-15(17)20(25)19-16-7-3-4-8-18(16)23-21(19)22/h3-4,7-10,13,23-24H,5-6,11-12H2,1-2H3. The third kappa shape index (κ3) is 2.53. The molecule has 1 aliphatic rings. The highest BCUT2D eigenvalue weighted by molar-refractivity contribution is 6.20. The van der Waals surface area contributed by atoms with Gasteiger partial charge in [0.15, 0.2) is 5.78 Å². The van der Waals surface area contributed by atoms with Crippen LogP contribution in [0.25, 0.3) is 10.9 Å². The molecule has 0 unspecified atom stereocenters. The summed E-state index contributed by atoms with van der Waals surface area (Å²) < 4.78 is 5.82. The highest BCUT2D eigenvalue weighted by Crippen LogP contribution is 2.44. The molecule has 2 N–H and O–H groups in total. The Balaban J connectivity index is 1.77. The highest BCUT2D eigenvalue weighted by atomic mass is 16.5. The lowest BCUT2D eigenvalue weighted by Gasteiger charge is -2.32. The minimum Gasteiger partial charge on any atom is -0.494 e. The van der Waals surface area contributed by atoms with Crippen molar-refractivity contribution in [2.24, 2.45) is 0 Å². The molecule has 4 heteroatoms. The zero-order chi connectivity index (χ0) is 18.3. The number of carbonyl (C=O) groups excluding carboxylic acids is 1. The van der Waals surface area contributed by atoms with Crippen LogP contribution in [-0.4, -0.2) is 29.1 Å². The molecule has 1 aliphatic carbocycles. The van der Waals surface area contributed by atoms with E-state index < -0.39 is 0 Å². The van der Waals surface area contributed by atoms with E-state index in [0.717, 1.165) is 51.9 Å². The van der Waals surface area contributed by atoms with Crippen LogP contribution in [0.1, 0.15) is 53.9 Å². The summed E-state index contributed by atoms with van der Waals surface area (Å²) in [7, 11) is 0. The van der Waals surface area contributed by atoms with Crippen LogP contribution in [0.3, 0.4) is 0 Å². The number of benzene rings is 2. The van der Waals surface area contributed by atoms with E-state index in [1.807, 2.05) is 42.5 Å². The van der Waals surface area contributed by atoms with Crippen LogP contribution in [0.4, 0.5) is 0 Å². The van der Waals surface area contributed by atoms with Crippen molar-refractivity contribution < 1.29 is 14.6 Å². The van der Waals surface area contributed by atoms with Crippen molar-refractivity contribution in [3.8, 4) is 5.75 Å². The SMILES string of the molecule is CC1(C)c2cc(OCCCCO)ccc2C(=O)c2c1[nH]c1ccccc21. The van der Waals surface area contributed by atoms with Crippen LogP contribution in [0.2, 0.25) is 0 Å². The van der Waals surface area contributed by atoms with Gasteiger partial charge in [-0.25, -0.2) is 0 Å². The van der Waals surface area contributed by atoms with Gasteiger partial charge < -0.3 is 14.8 Å². The normalized spacial score (nSPS) is 15.0. The monoisotopic (exact) mass is 349 g/mol. The summed E-state index contributed by atoms with van der Waals surface area (Å²) in [4.78, 5) is 16.7. The molecule has 134 valence electrons. The lowest BCUT2D eigenvalue weighted by atomic mass is 9.71. The molecule has 1 aromatic heterocycles. The Bertz CT molecular complexity index is 984. The fourth-order valence-electron chi connectivity index (χ4n) is 3.85. The summed E-state index contributed by atoms with van der Waals surface area (Å²) in [5.74, 6) is 0.834. The van der Waals surface area contributed by atoms with Gasteiger partial charge in [0.05, 0.1) is 12.2 Å². The van der Waals surface area contributed by atoms with Crippen LogP contribution < -0.4 is 4.74 Å². The fourth-order valence-corrected chi connectivity index (χ4v) is 3.85. The van der Waals surface area contributed by atoms with Crippen LogP contribution in [-0.2, 0) is 5.41 Å². The van der Waals surface area contributed by atoms with Gasteiger partial charge in [-0.15, -0.1) is 0 Å². The highest BCUT2D eigenvalue weighted by Gasteiger charge is 2.39. The largest absolute Gasteiger partial charge is 0.494 e. The molecular weight excluding hydrogens is 326 g/mol. The lowest BCUT2D eigenvalue weighted by molar-refractivity contribution is 0.103. The number of ether oxygens (including phenoxy) is 1. The molecule has 2 aromatic carbocycles. The third-order valence-corrected chi connectivity index (χ3v) is 5.29. The molecule has 0 aliphatic heterocycles. The lowest BCUT2D eigenvalue weighted by Crippen LogP contribution is -2.30. The van der Waals surface area contributed by atoms with Crippen LogP contribution in [0, 0.1) is 0 Å². The molecule has 0 saturated heterocycles. The van der Waals surface area contributed by atoms with E-state index in [-0.39, 0.29) is 17.8 Å². The number of para-hydroxylation sites is 1. The number of aliphatic hydroxyl groups is 1. The van der Waals surface area contributed by atoms with Gasteiger partial charge in [-0.3, -0.25) is 4.79 Å². The molecular formula is C22H23NO3. The molecule has 0 saturated carbocycles. The Hall–Kier alpha value is -2.59. The molecule has 0 amide bonds. The second-order valence-corrected chi connectivity index (χ2v) is 7.36. The van der Waals surface area contributed by atoms with Gasteiger partial charge >= 0.3 is 0 Å². The van der Waals surface area contributed by atoms with E-state index in [0.29, 0.717) is 6.61 Å². The smallest absolute Gasteiger partial charge is 0.195 e. The van der Waals surface area contributed by atoms with Crippen molar-refractivity contribution in [1.29, 1.82) is 0 Å². The summed E-state index contributed by atoms with van der Waals surface area (Å²) in [6.07, 6.45) is 1.54. The predicted octanol–water partition coefficient (Wildman–Crippen LogP) is 4.19. The van der Waals surface area contributed by atoms with Crippen molar-refractivity contribution >= 4 is 16.7 Å². The van der Waals surface area contributed by atoms with Crippen LogP contribution in [0.5, 0.6) is 5.75 Å². The fraction of sp³-hybridized carbons (Fsp3) is 0.318. The number of nitrogens with one attached hydrogen (secondary N) is 1. The second kappa shape index (κ2) is 6.29. The van der Waals surface area contributed by atoms with E-state index in [1.54, 1.807) is 0 Å². The second-order valence-electron chi connectivity index (χ2n) is 7.36. The zero-order valence-electron chi connectivity index (χ0n) is 15.1. The first-order valence-electron chi connectivity index (χ1n) is 9.08. The van der Waals surface area contributed by atoms with Crippen molar-refractivity contribution in [1.82, 2.24) is 4.98 Å². The Morgan fingerprint density at radius 2 is 1.92 bits per heavy atom. The number of unbranched alkanes of at least 4 members (excludes halogenated alkanes) is 1. The number of aromatic nitrogens is 1. The average Bonchev–Trinajstić information content (AvgIpc) is 3.04. The van der Waals surface area contributed by atoms with Gasteiger partial charge in [-0.05, 0) is 42.7 Å². The maximum atomic E-state index is 13.2. The summed E-state index contributed by atoms with van der Waals surface area (Å²) >= 11 is 0. The first-order chi connectivity index (χ1) is 12.5. The Morgan fingerprint density at radius 3 is 2.73 bits per heavy atom. The van der Waals surface area contributed by atoms with Crippen molar-refractivity contribution in [3.05, 3.63) is 64.8 Å². The molecule has 4 nitrogen and oxygen atoms in total.